The highest BCUT2D eigenvalue weighted by Crippen LogP contribution is 2.31. The van der Waals surface area contributed by atoms with Crippen LogP contribution in [0.1, 0.15) is 70.7 Å². The first-order chi connectivity index (χ1) is 20.7. The largest absolute Gasteiger partial charge is 0.381 e. The van der Waals surface area contributed by atoms with Crippen molar-refractivity contribution in [2.45, 2.75) is 89.9 Å². The summed E-state index contributed by atoms with van der Waals surface area (Å²) in [5.74, 6) is 2.19. The molecule has 1 aliphatic heterocycles. The van der Waals surface area contributed by atoms with E-state index >= 15 is 0 Å². The first-order valence-electron chi connectivity index (χ1n) is 15.3. The fraction of sp³-hybridized carbons (Fsp3) is 0.613. The number of rotatable bonds is 12. The monoisotopic (exact) mass is 588 g/mol. The lowest BCUT2D eigenvalue weighted by Crippen LogP contribution is -2.44. The lowest BCUT2D eigenvalue weighted by Gasteiger charge is -2.33. The number of aryl methyl sites for hydroxylation is 1. The van der Waals surface area contributed by atoms with Gasteiger partial charge in [0, 0.05) is 49.6 Å². The number of tetrazole rings is 1. The Morgan fingerprint density at radius 1 is 1.16 bits per heavy atom. The fourth-order valence-electron chi connectivity index (χ4n) is 5.79. The van der Waals surface area contributed by atoms with Gasteiger partial charge in [-0.15, -0.1) is 10.2 Å². The summed E-state index contributed by atoms with van der Waals surface area (Å²) in [6, 6.07) is 11.6. The number of nitrogens with one attached hydrogen (secondary N) is 4. The molecule has 0 spiro atoms. The van der Waals surface area contributed by atoms with Gasteiger partial charge in [-0.1, -0.05) is 11.3 Å². The lowest BCUT2D eigenvalue weighted by atomic mass is 9.82. The summed E-state index contributed by atoms with van der Waals surface area (Å²) >= 11 is 0. The first kappa shape index (κ1) is 30.8. The maximum Gasteiger partial charge on any atom is 0.205 e. The number of pyridine rings is 2. The summed E-state index contributed by atoms with van der Waals surface area (Å²) in [4.78, 5) is 9.57. The second kappa shape index (κ2) is 13.8. The molecule has 12 nitrogen and oxygen atoms in total. The molecular weight excluding hydrogens is 544 g/mol. The van der Waals surface area contributed by atoms with Crippen molar-refractivity contribution in [3.63, 3.8) is 0 Å². The van der Waals surface area contributed by atoms with E-state index in [0.29, 0.717) is 44.3 Å². The third kappa shape index (κ3) is 8.04. The Balaban J connectivity index is 1.12. The third-order valence-corrected chi connectivity index (χ3v) is 8.60. The van der Waals surface area contributed by atoms with E-state index in [4.69, 9.17) is 14.5 Å². The number of ether oxygens (including phenoxy) is 2. The highest BCUT2D eigenvalue weighted by atomic mass is 16.5. The molecule has 1 saturated carbocycles. The van der Waals surface area contributed by atoms with Crippen LogP contribution < -0.4 is 16.0 Å². The molecule has 43 heavy (non-hydrogen) atoms. The van der Waals surface area contributed by atoms with E-state index < -0.39 is 11.0 Å². The van der Waals surface area contributed by atoms with Crippen molar-refractivity contribution in [1.29, 1.82) is 5.26 Å². The van der Waals surface area contributed by atoms with Gasteiger partial charge in [-0.25, -0.2) is 9.97 Å². The molecular formula is C31H44N10O2. The van der Waals surface area contributed by atoms with Crippen molar-refractivity contribution in [2.75, 3.05) is 37.0 Å². The molecule has 0 bridgehead atoms. The molecule has 1 aliphatic carbocycles. The zero-order valence-corrected chi connectivity index (χ0v) is 25.7. The van der Waals surface area contributed by atoms with Crippen LogP contribution in [0.3, 0.4) is 0 Å². The molecule has 0 amide bonds. The van der Waals surface area contributed by atoms with E-state index in [1.807, 2.05) is 38.2 Å². The standard InChI is InChI=1S/C31H44N10O2/c1-21-17-33-28(16-25(21)26-6-5-7-27(37-26)34-20-31(19-32)12-14-42-15-13-31)36-24-10-8-23(9-11-24)35-22(2)18-43-30(3,4)29-38-40-41-39-29/h5-7,16-17,22-24,35H,8-15,18,20H2,1-4H3,(H,33,36)(H,34,37)(H,38,39,40,41)/t22-,23-,24-/m1/s1. The second-order valence-corrected chi connectivity index (χ2v) is 12.5. The maximum absolute atomic E-state index is 9.79. The summed E-state index contributed by atoms with van der Waals surface area (Å²) < 4.78 is 11.6. The lowest BCUT2D eigenvalue weighted by molar-refractivity contribution is -0.0379. The van der Waals surface area contributed by atoms with Gasteiger partial charge in [-0.05, 0) is 90.0 Å². The number of nitriles is 1. The number of hydrogen-bond acceptors (Lipinski definition) is 11. The van der Waals surface area contributed by atoms with Crippen LogP contribution in [0.25, 0.3) is 11.3 Å². The SMILES string of the molecule is Cc1cnc(N[C@H]2CC[C@H](N[C@H](C)COC(C)(C)c3nn[nH]n3)CC2)cc1-c1cccc(NCC2(C#N)CCOCC2)n1. The predicted octanol–water partition coefficient (Wildman–Crippen LogP) is 4.35. The summed E-state index contributed by atoms with van der Waals surface area (Å²) in [5, 5.41) is 34.9. The number of hydrogen-bond donors (Lipinski definition) is 4. The van der Waals surface area contributed by atoms with Gasteiger partial charge in [0.2, 0.25) is 5.82 Å². The minimum atomic E-state index is -0.594. The van der Waals surface area contributed by atoms with Crippen LogP contribution in [0.2, 0.25) is 0 Å². The smallest absolute Gasteiger partial charge is 0.205 e. The molecule has 2 aliphatic rings. The molecule has 3 aromatic heterocycles. The van der Waals surface area contributed by atoms with Gasteiger partial charge in [0.15, 0.2) is 0 Å². The molecule has 2 fully saturated rings. The Morgan fingerprint density at radius 3 is 2.65 bits per heavy atom. The normalized spacial score (nSPS) is 21.1. The van der Waals surface area contributed by atoms with Crippen molar-refractivity contribution in [3.8, 4) is 17.3 Å². The van der Waals surface area contributed by atoms with Crippen LogP contribution in [0.5, 0.6) is 0 Å². The number of H-pyrrole nitrogens is 1. The van der Waals surface area contributed by atoms with Crippen LogP contribution in [0.15, 0.2) is 30.5 Å². The molecule has 0 aromatic carbocycles. The quantitative estimate of drug-likeness (QED) is 0.238. The van der Waals surface area contributed by atoms with E-state index in [0.717, 1.165) is 67.0 Å². The number of aromatic nitrogens is 6. The maximum atomic E-state index is 9.79. The molecule has 1 saturated heterocycles. The topological polar surface area (TPSA) is 159 Å². The highest BCUT2D eigenvalue weighted by molar-refractivity contribution is 5.68. The molecule has 0 radical (unpaired) electrons. The Bertz CT molecular complexity index is 1360. The Kier molecular flexibility index (Phi) is 9.85. The Hall–Kier alpha value is -3.66. The van der Waals surface area contributed by atoms with Crippen LogP contribution in [-0.2, 0) is 15.1 Å². The minimum absolute atomic E-state index is 0.210. The van der Waals surface area contributed by atoms with Gasteiger partial charge in [0.05, 0.1) is 23.8 Å². The highest BCUT2D eigenvalue weighted by Gasteiger charge is 2.33. The molecule has 1 atom stereocenters. The summed E-state index contributed by atoms with van der Waals surface area (Å²) in [6.07, 6.45) is 7.68. The molecule has 3 aromatic rings. The minimum Gasteiger partial charge on any atom is -0.381 e. The Labute approximate surface area is 253 Å². The zero-order valence-electron chi connectivity index (χ0n) is 25.7. The van der Waals surface area contributed by atoms with Crippen molar-refractivity contribution < 1.29 is 9.47 Å². The van der Waals surface area contributed by atoms with Crippen LogP contribution in [0, 0.1) is 23.7 Å². The van der Waals surface area contributed by atoms with Gasteiger partial charge >= 0.3 is 0 Å². The first-order valence-corrected chi connectivity index (χ1v) is 15.3. The number of anilines is 2. The van der Waals surface area contributed by atoms with Crippen LogP contribution in [0.4, 0.5) is 11.6 Å². The Morgan fingerprint density at radius 2 is 1.93 bits per heavy atom. The van der Waals surface area contributed by atoms with Crippen LogP contribution in [-0.4, -0.2) is 75.1 Å². The van der Waals surface area contributed by atoms with Gasteiger partial charge < -0.3 is 25.4 Å². The second-order valence-electron chi connectivity index (χ2n) is 12.5. The van der Waals surface area contributed by atoms with Gasteiger partial charge in [-0.3, -0.25) is 0 Å². The molecule has 5 rings (SSSR count). The molecule has 0 unspecified atom stereocenters. The molecule has 12 heteroatoms. The average Bonchev–Trinajstić information content (AvgIpc) is 3.58. The molecule has 4 N–H and O–H groups in total. The molecule has 4 heterocycles. The van der Waals surface area contributed by atoms with E-state index in [9.17, 15) is 5.26 Å². The summed E-state index contributed by atoms with van der Waals surface area (Å²) in [5.41, 5.74) is 2.00. The summed E-state index contributed by atoms with van der Waals surface area (Å²) in [6.45, 7) is 10.5. The van der Waals surface area contributed by atoms with E-state index in [1.165, 1.54) is 0 Å². The zero-order chi connectivity index (χ0) is 30.3. The van der Waals surface area contributed by atoms with Crippen LogP contribution >= 0.6 is 0 Å². The molecule has 230 valence electrons. The van der Waals surface area contributed by atoms with E-state index in [-0.39, 0.29) is 6.04 Å². The number of aromatic amines is 1. The van der Waals surface area contributed by atoms with Crippen molar-refractivity contribution >= 4 is 11.6 Å². The van der Waals surface area contributed by atoms with E-state index in [2.05, 4.69) is 67.5 Å². The van der Waals surface area contributed by atoms with Gasteiger partial charge in [0.1, 0.15) is 17.2 Å². The summed E-state index contributed by atoms with van der Waals surface area (Å²) in [7, 11) is 0. The fourth-order valence-corrected chi connectivity index (χ4v) is 5.79. The van der Waals surface area contributed by atoms with Gasteiger partial charge in [-0.2, -0.15) is 10.5 Å². The average molecular weight is 589 g/mol. The van der Waals surface area contributed by atoms with Crippen molar-refractivity contribution in [3.05, 3.63) is 41.9 Å². The number of nitrogens with zero attached hydrogens (tertiary/aromatic N) is 6. The predicted molar refractivity (Wildman–Crippen MR) is 164 cm³/mol. The third-order valence-electron chi connectivity index (χ3n) is 8.60. The van der Waals surface area contributed by atoms with Gasteiger partial charge in [0.25, 0.3) is 0 Å². The van der Waals surface area contributed by atoms with Crippen molar-refractivity contribution in [1.82, 2.24) is 35.9 Å². The van der Waals surface area contributed by atoms with E-state index in [1.54, 1.807) is 0 Å². The van der Waals surface area contributed by atoms with Crippen molar-refractivity contribution in [2.24, 2.45) is 5.41 Å².